The summed E-state index contributed by atoms with van der Waals surface area (Å²) in [5, 5.41) is 19.6. The number of aromatic nitrogens is 3. The van der Waals surface area contributed by atoms with Crippen LogP contribution in [0, 0.1) is 5.41 Å². The van der Waals surface area contributed by atoms with Gasteiger partial charge in [-0.1, -0.05) is 19.8 Å². The smallest absolute Gasteiger partial charge is 0.315 e. The molecule has 2 atom stereocenters. The molecule has 0 radical (unpaired) electrons. The highest BCUT2D eigenvalue weighted by Crippen LogP contribution is 2.35. The van der Waals surface area contributed by atoms with Crippen molar-refractivity contribution in [1.29, 1.82) is 0 Å². The van der Waals surface area contributed by atoms with Gasteiger partial charge in [-0.2, -0.15) is 5.10 Å². The molecule has 1 aromatic heterocycles. The Balaban J connectivity index is 1.76. The molecule has 1 heterocycles. The van der Waals surface area contributed by atoms with Crippen molar-refractivity contribution in [3.05, 3.63) is 12.2 Å². The largest absolute Gasteiger partial charge is 0.392 e. The summed E-state index contributed by atoms with van der Waals surface area (Å²) >= 11 is 0. The van der Waals surface area contributed by atoms with Crippen LogP contribution in [0.3, 0.4) is 0 Å². The van der Waals surface area contributed by atoms with Crippen LogP contribution in [-0.4, -0.2) is 38.6 Å². The van der Waals surface area contributed by atoms with Crippen LogP contribution in [0.5, 0.6) is 0 Å². The van der Waals surface area contributed by atoms with Crippen molar-refractivity contribution in [3.63, 3.8) is 0 Å². The Kier molecular flexibility index (Phi) is 4.59. The van der Waals surface area contributed by atoms with Gasteiger partial charge in [0.25, 0.3) is 0 Å². The van der Waals surface area contributed by atoms with Crippen LogP contribution in [0.1, 0.15) is 38.4 Å². The summed E-state index contributed by atoms with van der Waals surface area (Å²) in [5.74, 6) is 0.698. The maximum absolute atomic E-state index is 11.8. The lowest BCUT2D eigenvalue weighted by atomic mass is 9.73. The topological polar surface area (TPSA) is 92.1 Å². The molecular weight excluding hydrogens is 258 g/mol. The highest BCUT2D eigenvalue weighted by molar-refractivity contribution is 5.73. The Morgan fingerprint density at radius 2 is 2.35 bits per heavy atom. The average molecular weight is 281 g/mol. The van der Waals surface area contributed by atoms with Gasteiger partial charge >= 0.3 is 6.03 Å². The molecular formula is C13H23N5O2. The fourth-order valence-corrected chi connectivity index (χ4v) is 2.57. The van der Waals surface area contributed by atoms with Gasteiger partial charge in [0, 0.05) is 19.0 Å². The molecule has 7 nitrogen and oxygen atoms in total. The first-order valence-electron chi connectivity index (χ1n) is 7.04. The van der Waals surface area contributed by atoms with Crippen molar-refractivity contribution in [2.24, 2.45) is 12.5 Å². The second-order valence-electron chi connectivity index (χ2n) is 5.75. The maximum atomic E-state index is 11.8. The number of urea groups is 1. The maximum Gasteiger partial charge on any atom is 0.315 e. The van der Waals surface area contributed by atoms with Crippen molar-refractivity contribution >= 4 is 6.03 Å². The normalized spacial score (nSPS) is 26.2. The quantitative estimate of drug-likeness (QED) is 0.751. The molecule has 0 aliphatic heterocycles. The lowest BCUT2D eigenvalue weighted by molar-refractivity contribution is 0.00308. The van der Waals surface area contributed by atoms with Crippen molar-refractivity contribution in [2.45, 2.75) is 45.3 Å². The van der Waals surface area contributed by atoms with Crippen molar-refractivity contribution < 1.29 is 9.90 Å². The van der Waals surface area contributed by atoms with Gasteiger partial charge in [0.2, 0.25) is 0 Å². The third kappa shape index (κ3) is 3.47. The molecule has 1 fully saturated rings. The van der Waals surface area contributed by atoms with E-state index in [9.17, 15) is 9.90 Å². The van der Waals surface area contributed by atoms with Crippen LogP contribution in [0.2, 0.25) is 0 Å². The molecule has 1 aliphatic rings. The lowest BCUT2D eigenvalue weighted by Gasteiger charge is -2.38. The van der Waals surface area contributed by atoms with Gasteiger partial charge < -0.3 is 15.7 Å². The molecule has 0 aromatic carbocycles. The van der Waals surface area contributed by atoms with Crippen molar-refractivity contribution in [2.75, 3.05) is 6.54 Å². The SMILES string of the molecule is Cn1ncnc1CNC(=O)NCC1(C)CCCCC1O. The highest BCUT2D eigenvalue weighted by atomic mass is 16.3. The van der Waals surface area contributed by atoms with Crippen molar-refractivity contribution in [1.82, 2.24) is 25.4 Å². The fraction of sp³-hybridized carbons (Fsp3) is 0.769. The summed E-state index contributed by atoms with van der Waals surface area (Å²) in [5.41, 5.74) is -0.222. The van der Waals surface area contributed by atoms with E-state index in [-0.39, 0.29) is 17.6 Å². The number of carbonyl (C=O) groups is 1. The van der Waals surface area contributed by atoms with Crippen LogP contribution >= 0.6 is 0 Å². The number of aliphatic hydroxyl groups is 1. The number of nitrogens with zero attached hydrogens (tertiary/aromatic N) is 3. The van der Waals surface area contributed by atoms with Gasteiger partial charge in [-0.15, -0.1) is 0 Å². The summed E-state index contributed by atoms with van der Waals surface area (Å²) in [6.07, 6.45) is 5.05. The second kappa shape index (κ2) is 6.21. The second-order valence-corrected chi connectivity index (χ2v) is 5.75. The summed E-state index contributed by atoms with van der Waals surface area (Å²) in [6, 6.07) is -0.244. The fourth-order valence-electron chi connectivity index (χ4n) is 2.57. The molecule has 0 saturated heterocycles. The number of aryl methyl sites for hydroxylation is 1. The molecule has 0 spiro atoms. The first-order valence-corrected chi connectivity index (χ1v) is 7.04. The molecule has 2 rings (SSSR count). The summed E-state index contributed by atoms with van der Waals surface area (Å²) in [4.78, 5) is 15.8. The van der Waals surface area contributed by atoms with Crippen molar-refractivity contribution in [3.8, 4) is 0 Å². The molecule has 3 N–H and O–H groups in total. The van der Waals surface area contributed by atoms with Crippen LogP contribution in [-0.2, 0) is 13.6 Å². The number of hydrogen-bond donors (Lipinski definition) is 3. The standard InChI is InChI=1S/C13H23N5O2/c1-13(6-4-3-5-10(13)19)8-15-12(20)14-7-11-16-9-17-18(11)2/h9-10,19H,3-8H2,1-2H3,(H2,14,15,20). The predicted molar refractivity (Wildman–Crippen MR) is 73.8 cm³/mol. The molecule has 2 amide bonds. The van der Waals surface area contributed by atoms with E-state index in [4.69, 9.17) is 0 Å². The Hall–Kier alpha value is -1.63. The number of amides is 2. The number of aliphatic hydroxyl groups excluding tert-OH is 1. The minimum Gasteiger partial charge on any atom is -0.392 e. The van der Waals surface area contributed by atoms with E-state index in [0.717, 1.165) is 25.7 Å². The molecule has 1 saturated carbocycles. The first-order chi connectivity index (χ1) is 9.51. The van der Waals surface area contributed by atoms with E-state index in [2.05, 4.69) is 20.7 Å². The minimum atomic E-state index is -0.338. The van der Waals surface area contributed by atoms with E-state index in [1.807, 2.05) is 6.92 Å². The van der Waals surface area contributed by atoms with Gasteiger partial charge in [0.05, 0.1) is 12.6 Å². The molecule has 20 heavy (non-hydrogen) atoms. The Morgan fingerprint density at radius 3 is 3.00 bits per heavy atom. The van der Waals surface area contributed by atoms with Gasteiger partial charge in [-0.3, -0.25) is 4.68 Å². The highest BCUT2D eigenvalue weighted by Gasteiger charge is 2.35. The third-order valence-electron chi connectivity index (χ3n) is 4.14. The Labute approximate surface area is 118 Å². The summed E-state index contributed by atoms with van der Waals surface area (Å²) in [6.45, 7) is 2.85. The summed E-state index contributed by atoms with van der Waals surface area (Å²) in [7, 11) is 1.78. The molecule has 7 heteroatoms. The number of carbonyl (C=O) groups excluding carboxylic acids is 1. The van der Waals surface area contributed by atoms with Crippen LogP contribution in [0.4, 0.5) is 4.79 Å². The minimum absolute atomic E-state index is 0.222. The molecule has 1 aromatic rings. The first kappa shape index (κ1) is 14.8. The molecule has 0 bridgehead atoms. The van der Waals surface area contributed by atoms with E-state index >= 15 is 0 Å². The Bertz CT molecular complexity index is 461. The number of nitrogens with one attached hydrogen (secondary N) is 2. The van der Waals surface area contributed by atoms with E-state index in [0.29, 0.717) is 18.9 Å². The lowest BCUT2D eigenvalue weighted by Crippen LogP contribution is -2.47. The predicted octanol–water partition coefficient (Wildman–Crippen LogP) is 0.555. The molecule has 2 unspecified atom stereocenters. The van der Waals surface area contributed by atoms with E-state index in [1.165, 1.54) is 6.33 Å². The zero-order chi connectivity index (χ0) is 14.6. The van der Waals surface area contributed by atoms with Crippen LogP contribution in [0.15, 0.2) is 6.33 Å². The zero-order valence-electron chi connectivity index (χ0n) is 12.1. The van der Waals surface area contributed by atoms with Gasteiger partial charge in [0.15, 0.2) is 0 Å². The van der Waals surface area contributed by atoms with Gasteiger partial charge in [-0.25, -0.2) is 9.78 Å². The zero-order valence-corrected chi connectivity index (χ0v) is 12.1. The molecule has 112 valence electrons. The van der Waals surface area contributed by atoms with E-state index in [1.54, 1.807) is 11.7 Å². The van der Waals surface area contributed by atoms with Crippen LogP contribution in [0.25, 0.3) is 0 Å². The Morgan fingerprint density at radius 1 is 1.55 bits per heavy atom. The monoisotopic (exact) mass is 281 g/mol. The number of rotatable bonds is 4. The van der Waals surface area contributed by atoms with Gasteiger partial charge in [-0.05, 0) is 12.8 Å². The average Bonchev–Trinajstić information content (AvgIpc) is 2.83. The van der Waals surface area contributed by atoms with Gasteiger partial charge in [0.1, 0.15) is 12.2 Å². The summed E-state index contributed by atoms with van der Waals surface area (Å²) < 4.78 is 1.62. The number of hydrogen-bond acceptors (Lipinski definition) is 4. The van der Waals surface area contributed by atoms with Crippen LogP contribution < -0.4 is 10.6 Å². The third-order valence-corrected chi connectivity index (χ3v) is 4.14. The van der Waals surface area contributed by atoms with E-state index < -0.39 is 0 Å². The molecule has 1 aliphatic carbocycles.